The summed E-state index contributed by atoms with van der Waals surface area (Å²) >= 11 is 0. The van der Waals surface area contributed by atoms with Gasteiger partial charge in [-0.2, -0.15) is 0 Å². The Morgan fingerprint density at radius 1 is 1.06 bits per heavy atom. The molecule has 2 aromatic rings. The molecule has 176 valence electrons. The van der Waals surface area contributed by atoms with Gasteiger partial charge in [0.25, 0.3) is 11.7 Å². The van der Waals surface area contributed by atoms with Gasteiger partial charge in [-0.05, 0) is 62.6 Å². The molecule has 1 N–H and O–H groups in total. The third-order valence-electron chi connectivity index (χ3n) is 6.62. The Kier molecular flexibility index (Phi) is 7.21. The first-order valence-electron chi connectivity index (χ1n) is 12.1. The third kappa shape index (κ3) is 4.85. The van der Waals surface area contributed by atoms with Crippen molar-refractivity contribution in [3.63, 3.8) is 0 Å². The van der Waals surface area contributed by atoms with Crippen LogP contribution in [0.5, 0.6) is 5.75 Å². The Labute approximate surface area is 195 Å². The minimum Gasteiger partial charge on any atom is -0.507 e. The van der Waals surface area contributed by atoms with Crippen molar-refractivity contribution in [1.29, 1.82) is 0 Å². The molecule has 1 aliphatic heterocycles. The molecular weight excluding hydrogens is 418 g/mol. The normalized spacial score (nSPS) is 21.0. The van der Waals surface area contributed by atoms with E-state index in [9.17, 15) is 14.7 Å². The highest BCUT2D eigenvalue weighted by molar-refractivity contribution is 6.46. The maximum atomic E-state index is 13.2. The number of carbonyl (C=O) groups excluding carboxylic acids is 2. The number of hydrogen-bond acceptors (Lipinski definition) is 5. The van der Waals surface area contributed by atoms with Crippen LogP contribution >= 0.6 is 0 Å². The number of furan rings is 1. The van der Waals surface area contributed by atoms with Crippen molar-refractivity contribution in [2.45, 2.75) is 77.3 Å². The molecule has 1 aromatic carbocycles. The number of benzene rings is 1. The second kappa shape index (κ2) is 10.3. The SMILES string of the molecule is CCCCCOc1ccc(/C(O)=C2/C(=O)C(=O)N(C3CCCCC3)C2c2ccc(C)o2)cc1. The van der Waals surface area contributed by atoms with Crippen LogP contribution in [0.2, 0.25) is 0 Å². The summed E-state index contributed by atoms with van der Waals surface area (Å²) in [6.45, 7) is 4.62. The van der Waals surface area contributed by atoms with E-state index in [1.807, 2.05) is 13.0 Å². The van der Waals surface area contributed by atoms with Crippen LogP contribution in [0.3, 0.4) is 0 Å². The zero-order valence-electron chi connectivity index (χ0n) is 19.5. The van der Waals surface area contributed by atoms with E-state index in [1.165, 1.54) is 0 Å². The summed E-state index contributed by atoms with van der Waals surface area (Å²) in [5.41, 5.74) is 0.572. The monoisotopic (exact) mass is 451 g/mol. The largest absolute Gasteiger partial charge is 0.507 e. The number of ketones is 1. The number of aryl methyl sites for hydroxylation is 1. The van der Waals surface area contributed by atoms with Crippen LogP contribution in [0.1, 0.15) is 81.4 Å². The van der Waals surface area contributed by atoms with E-state index in [4.69, 9.17) is 9.15 Å². The van der Waals surface area contributed by atoms with E-state index in [1.54, 1.807) is 35.2 Å². The van der Waals surface area contributed by atoms with Gasteiger partial charge < -0.3 is 19.2 Å². The van der Waals surface area contributed by atoms with Crippen LogP contribution in [0.25, 0.3) is 5.76 Å². The Morgan fingerprint density at radius 2 is 1.79 bits per heavy atom. The van der Waals surface area contributed by atoms with Gasteiger partial charge in [0.1, 0.15) is 29.1 Å². The van der Waals surface area contributed by atoms with E-state index < -0.39 is 17.7 Å². The van der Waals surface area contributed by atoms with E-state index in [0.29, 0.717) is 29.4 Å². The van der Waals surface area contributed by atoms with E-state index in [2.05, 4.69) is 6.92 Å². The molecular formula is C27H33NO5. The fourth-order valence-electron chi connectivity index (χ4n) is 4.87. The van der Waals surface area contributed by atoms with Crippen LogP contribution < -0.4 is 4.74 Å². The molecule has 2 heterocycles. The molecule has 6 nitrogen and oxygen atoms in total. The van der Waals surface area contributed by atoms with Crippen molar-refractivity contribution in [2.24, 2.45) is 0 Å². The zero-order valence-corrected chi connectivity index (χ0v) is 19.5. The topological polar surface area (TPSA) is 80.0 Å². The van der Waals surface area contributed by atoms with Crippen LogP contribution in [0, 0.1) is 6.92 Å². The summed E-state index contributed by atoms with van der Waals surface area (Å²) in [7, 11) is 0. The fourth-order valence-corrected chi connectivity index (χ4v) is 4.87. The van der Waals surface area contributed by atoms with Crippen molar-refractivity contribution in [2.75, 3.05) is 6.61 Å². The number of carbonyl (C=O) groups is 2. The first-order valence-corrected chi connectivity index (χ1v) is 12.1. The molecule has 33 heavy (non-hydrogen) atoms. The number of nitrogens with zero attached hydrogens (tertiary/aromatic N) is 1. The quantitative estimate of drug-likeness (QED) is 0.233. The average molecular weight is 452 g/mol. The molecule has 2 fully saturated rings. The molecule has 2 aliphatic rings. The second-order valence-electron chi connectivity index (χ2n) is 9.03. The van der Waals surface area contributed by atoms with Crippen LogP contribution in [-0.4, -0.2) is 34.3 Å². The third-order valence-corrected chi connectivity index (χ3v) is 6.62. The lowest BCUT2D eigenvalue weighted by molar-refractivity contribution is -0.142. The molecule has 1 unspecified atom stereocenters. The number of amides is 1. The molecule has 4 rings (SSSR count). The molecule has 6 heteroatoms. The fraction of sp³-hybridized carbons (Fsp3) is 0.481. The van der Waals surface area contributed by atoms with Gasteiger partial charge in [-0.3, -0.25) is 9.59 Å². The van der Waals surface area contributed by atoms with Crippen molar-refractivity contribution in [3.05, 3.63) is 59.1 Å². The summed E-state index contributed by atoms with van der Waals surface area (Å²) in [6, 6.07) is 9.88. The highest BCUT2D eigenvalue weighted by Gasteiger charge is 2.50. The van der Waals surface area contributed by atoms with Gasteiger partial charge in [0.15, 0.2) is 0 Å². The van der Waals surface area contributed by atoms with Crippen LogP contribution in [-0.2, 0) is 9.59 Å². The highest BCUT2D eigenvalue weighted by Crippen LogP contribution is 2.43. The number of rotatable bonds is 8. The Bertz CT molecular complexity index is 1010. The van der Waals surface area contributed by atoms with E-state index in [-0.39, 0.29) is 17.4 Å². The summed E-state index contributed by atoms with van der Waals surface area (Å²) in [4.78, 5) is 27.9. The number of Topliss-reactive ketones (excluding diaryl/α,β-unsaturated/α-hetero) is 1. The maximum Gasteiger partial charge on any atom is 0.296 e. The molecule has 1 atom stereocenters. The molecule has 0 radical (unpaired) electrons. The Balaban J connectivity index is 1.67. The van der Waals surface area contributed by atoms with Crippen molar-refractivity contribution < 1.29 is 23.8 Å². The molecule has 0 spiro atoms. The minimum atomic E-state index is -0.716. The lowest BCUT2D eigenvalue weighted by atomic mass is 9.92. The predicted octanol–water partition coefficient (Wildman–Crippen LogP) is 5.91. The van der Waals surface area contributed by atoms with Gasteiger partial charge >= 0.3 is 0 Å². The lowest BCUT2D eigenvalue weighted by Crippen LogP contribution is -2.40. The highest BCUT2D eigenvalue weighted by atomic mass is 16.5. The maximum absolute atomic E-state index is 13.2. The zero-order chi connectivity index (χ0) is 23.4. The summed E-state index contributed by atoms with van der Waals surface area (Å²) in [5.74, 6) is 0.528. The van der Waals surface area contributed by atoms with Crippen LogP contribution in [0.4, 0.5) is 0 Å². The molecule has 1 aliphatic carbocycles. The standard InChI is InChI=1S/C27H33NO5/c1-3-4-8-17-32-21-14-12-19(13-15-21)25(29)23-24(22-16-11-18(2)33-22)28(27(31)26(23)30)20-9-6-5-7-10-20/h11-16,20,24,29H,3-10,17H2,1-2H3/b25-23-. The van der Waals surface area contributed by atoms with Crippen LogP contribution in [0.15, 0.2) is 46.4 Å². The number of aliphatic hydroxyl groups excluding tert-OH is 1. The van der Waals surface area contributed by atoms with E-state index >= 15 is 0 Å². The van der Waals surface area contributed by atoms with Crippen molar-refractivity contribution >= 4 is 17.4 Å². The molecule has 1 amide bonds. The van der Waals surface area contributed by atoms with Gasteiger partial charge in [-0.1, -0.05) is 39.0 Å². The smallest absolute Gasteiger partial charge is 0.296 e. The predicted molar refractivity (Wildman–Crippen MR) is 126 cm³/mol. The summed E-state index contributed by atoms with van der Waals surface area (Å²) < 4.78 is 11.6. The number of likely N-dealkylation sites (tertiary alicyclic amines) is 1. The van der Waals surface area contributed by atoms with Gasteiger partial charge in [0.2, 0.25) is 0 Å². The second-order valence-corrected chi connectivity index (χ2v) is 9.03. The summed E-state index contributed by atoms with van der Waals surface area (Å²) in [6.07, 6.45) is 8.13. The lowest BCUT2D eigenvalue weighted by Gasteiger charge is -2.34. The summed E-state index contributed by atoms with van der Waals surface area (Å²) in [5, 5.41) is 11.2. The first kappa shape index (κ1) is 23.1. The molecule has 0 bridgehead atoms. The number of unbranched alkanes of at least 4 members (excludes halogenated alkanes) is 2. The number of hydrogen-bond donors (Lipinski definition) is 1. The minimum absolute atomic E-state index is 0.0326. The van der Waals surface area contributed by atoms with Crippen molar-refractivity contribution in [1.82, 2.24) is 4.90 Å². The van der Waals surface area contributed by atoms with Crippen molar-refractivity contribution in [3.8, 4) is 5.75 Å². The first-order chi connectivity index (χ1) is 16.0. The Morgan fingerprint density at radius 3 is 2.42 bits per heavy atom. The molecule has 1 saturated carbocycles. The number of ether oxygens (including phenoxy) is 1. The van der Waals surface area contributed by atoms with Gasteiger partial charge in [-0.25, -0.2) is 0 Å². The molecule has 1 aromatic heterocycles. The van der Waals surface area contributed by atoms with E-state index in [0.717, 1.165) is 51.4 Å². The molecule has 1 saturated heterocycles. The Hall–Kier alpha value is -3.02. The van der Waals surface area contributed by atoms with Gasteiger partial charge in [0.05, 0.1) is 12.2 Å². The number of aliphatic hydroxyl groups is 1. The average Bonchev–Trinajstić information content (AvgIpc) is 3.38. The van der Waals surface area contributed by atoms with Gasteiger partial charge in [-0.15, -0.1) is 0 Å². The van der Waals surface area contributed by atoms with Gasteiger partial charge in [0, 0.05) is 11.6 Å².